The molecule has 0 unspecified atom stereocenters. The van der Waals surface area contributed by atoms with Crippen LogP contribution in [0, 0.1) is 0 Å². The van der Waals surface area contributed by atoms with Crippen LogP contribution in [0.1, 0.15) is 34.6 Å². The Balaban J connectivity index is 1.83. The summed E-state index contributed by atoms with van der Waals surface area (Å²) in [6.07, 6.45) is 0. The topological polar surface area (TPSA) is 111 Å². The molecule has 0 spiro atoms. The van der Waals surface area contributed by atoms with Crippen LogP contribution < -0.4 is 10.6 Å². The maximum atomic E-state index is 12.0. The van der Waals surface area contributed by atoms with Gasteiger partial charge in [-0.15, -0.1) is 0 Å². The predicted molar refractivity (Wildman–Crippen MR) is 102 cm³/mol. The van der Waals surface area contributed by atoms with Crippen LogP contribution >= 0.6 is 0 Å². The smallest absolute Gasteiger partial charge is 0.338 e. The summed E-state index contributed by atoms with van der Waals surface area (Å²) in [7, 11) is 0. The fraction of sp³-hybridized carbons (Fsp3) is 0.200. The minimum atomic E-state index is -0.665. The van der Waals surface area contributed by atoms with Gasteiger partial charge in [-0.25, -0.2) is 9.59 Å². The standard InChI is InChI=1S/C20H20N2O6/c1-3-27-19(25)14-6-10-17(11-7-14)22-18(24)12-28-20(26)15-4-8-16(9-5-15)21-13(2)23/h4-11H,3,12H2,1-2H3,(H,21,23)(H,22,24). The van der Waals surface area contributed by atoms with E-state index in [0.29, 0.717) is 16.9 Å². The highest BCUT2D eigenvalue weighted by Gasteiger charge is 2.11. The molecule has 0 fully saturated rings. The Labute approximate surface area is 161 Å². The SMILES string of the molecule is CCOC(=O)c1ccc(NC(=O)COC(=O)c2ccc(NC(C)=O)cc2)cc1. The highest BCUT2D eigenvalue weighted by molar-refractivity contribution is 5.96. The van der Waals surface area contributed by atoms with Crippen LogP contribution in [-0.4, -0.2) is 37.0 Å². The fourth-order valence-corrected chi connectivity index (χ4v) is 2.21. The Morgan fingerprint density at radius 1 is 0.750 bits per heavy atom. The average Bonchev–Trinajstić information content (AvgIpc) is 2.67. The average molecular weight is 384 g/mol. The van der Waals surface area contributed by atoms with E-state index in [2.05, 4.69) is 10.6 Å². The van der Waals surface area contributed by atoms with E-state index in [1.165, 1.54) is 31.2 Å². The minimum absolute atomic E-state index is 0.220. The Bertz CT molecular complexity index is 859. The summed E-state index contributed by atoms with van der Waals surface area (Å²) in [6.45, 7) is 2.90. The van der Waals surface area contributed by atoms with E-state index < -0.39 is 24.5 Å². The molecule has 146 valence electrons. The predicted octanol–water partition coefficient (Wildman–Crippen LogP) is 2.62. The monoisotopic (exact) mass is 384 g/mol. The zero-order chi connectivity index (χ0) is 20.5. The highest BCUT2D eigenvalue weighted by atomic mass is 16.5. The number of anilines is 2. The Morgan fingerprint density at radius 2 is 1.21 bits per heavy atom. The van der Waals surface area contributed by atoms with Gasteiger partial charge in [0.25, 0.3) is 5.91 Å². The van der Waals surface area contributed by atoms with Gasteiger partial charge in [0.05, 0.1) is 17.7 Å². The molecule has 28 heavy (non-hydrogen) atoms. The Hall–Kier alpha value is -3.68. The second kappa shape index (κ2) is 9.86. The number of hydrogen-bond acceptors (Lipinski definition) is 6. The lowest BCUT2D eigenvalue weighted by Gasteiger charge is -2.08. The maximum Gasteiger partial charge on any atom is 0.338 e. The van der Waals surface area contributed by atoms with Crippen LogP contribution in [-0.2, 0) is 19.1 Å². The second-order valence-electron chi connectivity index (χ2n) is 5.68. The first kappa shape index (κ1) is 20.6. The van der Waals surface area contributed by atoms with Crippen molar-refractivity contribution in [2.45, 2.75) is 13.8 Å². The zero-order valence-electron chi connectivity index (χ0n) is 15.5. The normalized spacial score (nSPS) is 9.93. The molecule has 0 aliphatic heterocycles. The van der Waals surface area contributed by atoms with Gasteiger partial charge in [-0.3, -0.25) is 9.59 Å². The molecule has 8 heteroatoms. The van der Waals surface area contributed by atoms with E-state index in [1.54, 1.807) is 31.2 Å². The maximum absolute atomic E-state index is 12.0. The number of benzene rings is 2. The molecule has 0 aromatic heterocycles. The number of ether oxygens (including phenoxy) is 2. The molecule has 2 N–H and O–H groups in total. The first-order valence-corrected chi connectivity index (χ1v) is 8.51. The number of carbonyl (C=O) groups is 4. The lowest BCUT2D eigenvalue weighted by molar-refractivity contribution is -0.119. The molecular weight excluding hydrogens is 364 g/mol. The third-order valence-electron chi connectivity index (χ3n) is 3.46. The lowest BCUT2D eigenvalue weighted by atomic mass is 10.2. The number of carbonyl (C=O) groups excluding carboxylic acids is 4. The van der Waals surface area contributed by atoms with Gasteiger partial charge in [0.1, 0.15) is 0 Å². The minimum Gasteiger partial charge on any atom is -0.462 e. The molecule has 2 aromatic carbocycles. The molecule has 8 nitrogen and oxygen atoms in total. The van der Waals surface area contributed by atoms with Crippen molar-refractivity contribution in [2.24, 2.45) is 0 Å². The van der Waals surface area contributed by atoms with E-state index in [0.717, 1.165) is 0 Å². The van der Waals surface area contributed by atoms with Gasteiger partial charge < -0.3 is 20.1 Å². The summed E-state index contributed by atoms with van der Waals surface area (Å²) < 4.78 is 9.84. The molecule has 0 atom stereocenters. The summed E-state index contributed by atoms with van der Waals surface area (Å²) in [5.41, 5.74) is 1.62. The van der Waals surface area contributed by atoms with Gasteiger partial charge in [-0.05, 0) is 55.5 Å². The molecule has 0 radical (unpaired) electrons. The third kappa shape index (κ3) is 6.24. The highest BCUT2D eigenvalue weighted by Crippen LogP contribution is 2.12. The summed E-state index contributed by atoms with van der Waals surface area (Å²) in [6, 6.07) is 12.2. The van der Waals surface area contributed by atoms with Crippen LogP contribution in [0.25, 0.3) is 0 Å². The van der Waals surface area contributed by atoms with Gasteiger partial charge in [-0.1, -0.05) is 0 Å². The number of esters is 2. The quantitative estimate of drug-likeness (QED) is 0.710. The van der Waals surface area contributed by atoms with E-state index in [9.17, 15) is 19.2 Å². The van der Waals surface area contributed by atoms with Crippen LogP contribution in [0.2, 0.25) is 0 Å². The first-order valence-electron chi connectivity index (χ1n) is 8.51. The molecule has 0 heterocycles. The molecular formula is C20H20N2O6. The van der Waals surface area contributed by atoms with Crippen LogP contribution in [0.4, 0.5) is 11.4 Å². The molecule has 2 rings (SSSR count). The molecule has 2 aromatic rings. The first-order chi connectivity index (χ1) is 13.4. The van der Waals surface area contributed by atoms with Gasteiger partial charge in [0, 0.05) is 18.3 Å². The van der Waals surface area contributed by atoms with Crippen LogP contribution in [0.3, 0.4) is 0 Å². The fourth-order valence-electron chi connectivity index (χ4n) is 2.21. The van der Waals surface area contributed by atoms with E-state index in [1.807, 2.05) is 0 Å². The second-order valence-corrected chi connectivity index (χ2v) is 5.68. The van der Waals surface area contributed by atoms with Gasteiger partial charge in [0.15, 0.2) is 6.61 Å². The Morgan fingerprint density at radius 3 is 1.68 bits per heavy atom. The van der Waals surface area contributed by atoms with Crippen molar-refractivity contribution >= 4 is 35.1 Å². The van der Waals surface area contributed by atoms with Crippen molar-refractivity contribution in [3.05, 3.63) is 59.7 Å². The van der Waals surface area contributed by atoms with Gasteiger partial charge in [0.2, 0.25) is 5.91 Å². The summed E-state index contributed by atoms with van der Waals surface area (Å²) in [5.74, 6) is -1.85. The number of hydrogen-bond donors (Lipinski definition) is 2. The van der Waals surface area contributed by atoms with E-state index in [-0.39, 0.29) is 18.1 Å². The summed E-state index contributed by atoms with van der Waals surface area (Å²) >= 11 is 0. The van der Waals surface area contributed by atoms with Crippen LogP contribution in [0.5, 0.6) is 0 Å². The molecule has 0 aliphatic carbocycles. The van der Waals surface area contributed by atoms with Crippen molar-refractivity contribution in [3.63, 3.8) is 0 Å². The molecule has 2 amide bonds. The number of amides is 2. The summed E-state index contributed by atoms with van der Waals surface area (Å²) in [5, 5.41) is 5.14. The lowest BCUT2D eigenvalue weighted by Crippen LogP contribution is -2.21. The van der Waals surface area contributed by atoms with Crippen molar-refractivity contribution in [3.8, 4) is 0 Å². The van der Waals surface area contributed by atoms with Crippen molar-refractivity contribution in [1.82, 2.24) is 0 Å². The third-order valence-corrected chi connectivity index (χ3v) is 3.46. The van der Waals surface area contributed by atoms with E-state index >= 15 is 0 Å². The van der Waals surface area contributed by atoms with Crippen molar-refractivity contribution < 1.29 is 28.7 Å². The largest absolute Gasteiger partial charge is 0.462 e. The van der Waals surface area contributed by atoms with Crippen LogP contribution in [0.15, 0.2) is 48.5 Å². The number of nitrogens with one attached hydrogen (secondary N) is 2. The molecule has 0 bridgehead atoms. The zero-order valence-corrected chi connectivity index (χ0v) is 15.5. The van der Waals surface area contributed by atoms with Gasteiger partial charge >= 0.3 is 11.9 Å². The molecule has 0 saturated carbocycles. The van der Waals surface area contributed by atoms with Crippen molar-refractivity contribution in [2.75, 3.05) is 23.8 Å². The number of rotatable bonds is 7. The molecule has 0 aliphatic rings. The summed E-state index contributed by atoms with van der Waals surface area (Å²) in [4.78, 5) is 46.4. The Kier molecular flexibility index (Phi) is 7.27. The van der Waals surface area contributed by atoms with Crippen molar-refractivity contribution in [1.29, 1.82) is 0 Å². The van der Waals surface area contributed by atoms with Gasteiger partial charge in [-0.2, -0.15) is 0 Å². The molecule has 0 saturated heterocycles. The van der Waals surface area contributed by atoms with E-state index in [4.69, 9.17) is 9.47 Å².